The molecular formula is C39H43N5O6S2. The molecule has 13 heteroatoms. The molecule has 0 radical (unpaired) electrons. The molecule has 0 spiro atoms. The molecule has 3 amide bonds. The van der Waals surface area contributed by atoms with Crippen LogP contribution in [0.2, 0.25) is 0 Å². The van der Waals surface area contributed by atoms with Gasteiger partial charge in [-0.3, -0.25) is 14.4 Å². The summed E-state index contributed by atoms with van der Waals surface area (Å²) < 4.78 is 25.4. The summed E-state index contributed by atoms with van der Waals surface area (Å²) in [6.45, 7) is 9.79. The number of ether oxygens (including phenoxy) is 1. The molecule has 272 valence electrons. The van der Waals surface area contributed by atoms with Crippen LogP contribution in [0.3, 0.4) is 0 Å². The summed E-state index contributed by atoms with van der Waals surface area (Å²) in [7, 11) is -2.68. The Morgan fingerprint density at radius 1 is 1.00 bits per heavy atom. The number of rotatable bonds is 10. The first-order valence-corrected chi connectivity index (χ1v) is 20.0. The lowest BCUT2D eigenvalue weighted by Gasteiger charge is -2.39. The maximum Gasteiger partial charge on any atom is 0.264 e. The Morgan fingerprint density at radius 2 is 1.69 bits per heavy atom. The summed E-state index contributed by atoms with van der Waals surface area (Å²) in [6.07, 6.45) is 5.75. The number of aliphatic hydroxyl groups is 1. The monoisotopic (exact) mass is 741 g/mol. The van der Waals surface area contributed by atoms with Gasteiger partial charge in [-0.15, -0.1) is 11.3 Å². The molecule has 52 heavy (non-hydrogen) atoms. The van der Waals surface area contributed by atoms with Crippen molar-refractivity contribution >= 4 is 60.4 Å². The van der Waals surface area contributed by atoms with Gasteiger partial charge in [0.25, 0.3) is 11.8 Å². The van der Waals surface area contributed by atoms with E-state index in [1.165, 1.54) is 23.5 Å². The molecular weight excluding hydrogens is 699 g/mol. The molecule has 1 aromatic heterocycles. The third-order valence-electron chi connectivity index (χ3n) is 9.59. The van der Waals surface area contributed by atoms with E-state index in [2.05, 4.69) is 33.1 Å². The number of carbonyl (C=O) groups excluding carboxylic acids is 3. The van der Waals surface area contributed by atoms with Crippen LogP contribution in [0.4, 0.5) is 11.4 Å². The van der Waals surface area contributed by atoms with Gasteiger partial charge in [0.2, 0.25) is 5.91 Å². The van der Waals surface area contributed by atoms with Crippen LogP contribution in [0.15, 0.2) is 90.3 Å². The first kappa shape index (κ1) is 36.9. The number of aliphatic hydroxyl groups excluding tert-OH is 1. The number of carbonyl (C=O) groups is 3. The molecule has 2 fully saturated rings. The number of anilines is 2. The predicted molar refractivity (Wildman–Crippen MR) is 207 cm³/mol. The Morgan fingerprint density at radius 3 is 2.37 bits per heavy atom. The number of nitrogens with zero attached hydrogens (tertiary/aromatic N) is 3. The summed E-state index contributed by atoms with van der Waals surface area (Å²) in [6, 6.07) is 17.5. The third kappa shape index (κ3) is 8.27. The van der Waals surface area contributed by atoms with E-state index in [0.29, 0.717) is 60.1 Å². The van der Waals surface area contributed by atoms with Crippen LogP contribution in [0, 0.1) is 6.92 Å². The number of fused-ring (bicyclic) bond motifs is 1. The van der Waals surface area contributed by atoms with Crippen molar-refractivity contribution in [3.05, 3.63) is 102 Å². The number of aryl methyl sites for hydroxylation is 1. The molecule has 11 nitrogen and oxygen atoms in total. The first-order valence-electron chi connectivity index (χ1n) is 17.4. The quantitative estimate of drug-likeness (QED) is 0.0879. The molecule has 0 saturated carbocycles. The molecule has 3 N–H and O–H groups in total. The Kier molecular flexibility index (Phi) is 11.2. The van der Waals surface area contributed by atoms with E-state index in [1.54, 1.807) is 53.4 Å². The summed E-state index contributed by atoms with van der Waals surface area (Å²) >= 11 is 1.53. The normalized spacial score (nSPS) is 17.3. The number of thiazole rings is 1. The number of amides is 3. The molecule has 0 aliphatic carbocycles. The van der Waals surface area contributed by atoms with E-state index < -0.39 is 33.2 Å². The van der Waals surface area contributed by atoms with E-state index in [9.17, 15) is 23.7 Å². The zero-order chi connectivity index (χ0) is 36.9. The second kappa shape index (κ2) is 15.8. The fraction of sp³-hybridized carbons (Fsp3) is 0.333. The minimum atomic E-state index is -2.68. The standard InChI is InChI=1S/C39H43N5O6S2/c1-4-35(45)41-28-13-17-33(31(24-28)37(47)42-29-12-16-32-34(25-29)51-26(3)40-32)50-30-14-10-27(11-15-30)39(18-20-44(21-19-39)36(46)5-2)38(48)43-52(49)22-8-6-7-9-23-52/h4-5,10-17,24-25,35,41,45H,1-2,6-9,18-23H2,3H3,(H,42,47). The number of aromatic nitrogens is 1. The van der Waals surface area contributed by atoms with Gasteiger partial charge in [-0.2, -0.15) is 4.36 Å². The van der Waals surface area contributed by atoms with Gasteiger partial charge < -0.3 is 25.4 Å². The van der Waals surface area contributed by atoms with Crippen LogP contribution in [0.1, 0.15) is 59.5 Å². The molecule has 4 aromatic rings. The summed E-state index contributed by atoms with van der Waals surface area (Å²) in [5.41, 5.74) is 1.76. The smallest absolute Gasteiger partial charge is 0.264 e. The van der Waals surface area contributed by atoms with Crippen molar-refractivity contribution in [1.82, 2.24) is 9.88 Å². The van der Waals surface area contributed by atoms with E-state index in [4.69, 9.17) is 4.74 Å². The van der Waals surface area contributed by atoms with Crippen molar-refractivity contribution < 1.29 is 28.4 Å². The van der Waals surface area contributed by atoms with Crippen LogP contribution in [-0.2, 0) is 24.7 Å². The fourth-order valence-corrected chi connectivity index (χ4v) is 9.75. The van der Waals surface area contributed by atoms with Crippen LogP contribution in [-0.4, -0.2) is 67.7 Å². The Hall–Kier alpha value is -4.85. The number of hydrogen-bond acceptors (Lipinski definition) is 9. The number of likely N-dealkylation sites (tertiary alicyclic amines) is 1. The van der Waals surface area contributed by atoms with Crippen LogP contribution >= 0.6 is 11.3 Å². The van der Waals surface area contributed by atoms with E-state index in [1.807, 2.05) is 19.1 Å². The topological polar surface area (TPSA) is 150 Å². The van der Waals surface area contributed by atoms with E-state index in [-0.39, 0.29) is 17.2 Å². The lowest BCUT2D eigenvalue weighted by atomic mass is 9.72. The Balaban J connectivity index is 1.29. The van der Waals surface area contributed by atoms with Crippen molar-refractivity contribution in [3.8, 4) is 11.5 Å². The number of benzene rings is 3. The molecule has 1 atom stereocenters. The van der Waals surface area contributed by atoms with Gasteiger partial charge in [0.05, 0.1) is 35.9 Å². The van der Waals surface area contributed by atoms with Crippen LogP contribution in [0.25, 0.3) is 10.2 Å². The average Bonchev–Trinajstić information content (AvgIpc) is 3.38. The van der Waals surface area contributed by atoms with Crippen molar-refractivity contribution in [3.63, 3.8) is 0 Å². The molecule has 2 aliphatic rings. The molecule has 1 unspecified atom stereocenters. The summed E-state index contributed by atoms with van der Waals surface area (Å²) in [4.78, 5) is 46.4. The minimum Gasteiger partial charge on any atom is -0.457 e. The van der Waals surface area contributed by atoms with Gasteiger partial charge in [-0.25, -0.2) is 9.19 Å². The van der Waals surface area contributed by atoms with E-state index >= 15 is 0 Å². The van der Waals surface area contributed by atoms with Gasteiger partial charge in [0, 0.05) is 36.0 Å². The zero-order valence-electron chi connectivity index (χ0n) is 29.1. The van der Waals surface area contributed by atoms with E-state index in [0.717, 1.165) is 40.9 Å². The molecule has 2 aliphatic heterocycles. The number of piperidine rings is 1. The number of hydrogen-bond donors (Lipinski definition) is 3. The SMILES string of the molecule is C=CC(=O)N1CCC(C(=O)N=S2(=O)CCCCCC2)(c2ccc(Oc3ccc(NC(O)C=C)cc3C(=O)Nc3ccc4nc(C)sc4c3)cc2)CC1. The second-order valence-corrected chi connectivity index (χ2v) is 16.9. The highest BCUT2D eigenvalue weighted by Gasteiger charge is 2.44. The maximum atomic E-state index is 14.1. The molecule has 6 rings (SSSR count). The molecule has 0 bridgehead atoms. The largest absolute Gasteiger partial charge is 0.457 e. The molecule has 2 saturated heterocycles. The Bertz CT molecular complexity index is 2110. The maximum absolute atomic E-state index is 14.1. The number of nitrogens with one attached hydrogen (secondary N) is 2. The van der Waals surface area contributed by atoms with Gasteiger partial charge in [-0.05, 0) is 98.9 Å². The molecule has 3 heterocycles. The lowest BCUT2D eigenvalue weighted by molar-refractivity contribution is -0.132. The van der Waals surface area contributed by atoms with Gasteiger partial charge in [0.15, 0.2) is 0 Å². The zero-order valence-corrected chi connectivity index (χ0v) is 30.8. The van der Waals surface area contributed by atoms with Crippen molar-refractivity contribution in [2.45, 2.75) is 57.1 Å². The van der Waals surface area contributed by atoms with Gasteiger partial charge in [-0.1, -0.05) is 38.1 Å². The van der Waals surface area contributed by atoms with Gasteiger partial charge >= 0.3 is 0 Å². The fourth-order valence-electron chi connectivity index (χ4n) is 6.71. The summed E-state index contributed by atoms with van der Waals surface area (Å²) in [5.74, 6) is 0.478. The minimum absolute atomic E-state index is 0.198. The van der Waals surface area contributed by atoms with Gasteiger partial charge in [0.1, 0.15) is 17.7 Å². The highest BCUT2D eigenvalue weighted by molar-refractivity contribution is 7.93. The van der Waals surface area contributed by atoms with Crippen molar-refractivity contribution in [2.75, 3.05) is 35.2 Å². The Labute approximate surface area is 308 Å². The van der Waals surface area contributed by atoms with Crippen molar-refractivity contribution in [1.29, 1.82) is 0 Å². The summed E-state index contributed by atoms with van der Waals surface area (Å²) in [5, 5.41) is 16.9. The van der Waals surface area contributed by atoms with Crippen LogP contribution < -0.4 is 15.4 Å². The molecule has 3 aromatic carbocycles. The van der Waals surface area contributed by atoms with Crippen molar-refractivity contribution in [2.24, 2.45) is 4.36 Å². The third-order valence-corrected chi connectivity index (χ3v) is 12.9. The highest BCUT2D eigenvalue weighted by atomic mass is 32.2. The predicted octanol–water partition coefficient (Wildman–Crippen LogP) is 7.18. The van der Waals surface area contributed by atoms with Crippen LogP contribution in [0.5, 0.6) is 11.5 Å². The average molecular weight is 742 g/mol. The lowest BCUT2D eigenvalue weighted by Crippen LogP contribution is -2.48. The first-order chi connectivity index (χ1) is 25.0. The second-order valence-electron chi connectivity index (χ2n) is 13.1. The highest BCUT2D eigenvalue weighted by Crippen LogP contribution is 2.39.